The van der Waals surface area contributed by atoms with Crippen LogP contribution < -0.4 is 10.1 Å². The van der Waals surface area contributed by atoms with Crippen molar-refractivity contribution in [2.45, 2.75) is 27.2 Å². The number of carbonyl (C=O) groups is 2. The van der Waals surface area contributed by atoms with E-state index in [-0.39, 0.29) is 18.9 Å². The molecule has 6 nitrogen and oxygen atoms in total. The normalized spacial score (nSPS) is 10.7. The average molecular weight is 381 g/mol. The molecule has 0 aliphatic heterocycles. The molecule has 6 heteroatoms. The Bertz CT molecular complexity index is 1030. The molecule has 28 heavy (non-hydrogen) atoms. The Balaban J connectivity index is 1.68. The zero-order chi connectivity index (χ0) is 20.3. The number of ether oxygens (including phenoxy) is 2. The standard InChI is InChI=1S/C22H23NO5/c1-13-8-18-16(11-28-20(18)9-14(13)2)10-21(24)23-19-6-5-17(7-15(19)3)27-12-22(25)26-4/h5-9,11H,10,12H2,1-4H3,(H,23,24). The first-order chi connectivity index (χ1) is 13.4. The van der Waals surface area contributed by atoms with Gasteiger partial charge in [0.2, 0.25) is 5.91 Å². The molecule has 0 bridgehead atoms. The van der Waals surface area contributed by atoms with Crippen molar-refractivity contribution in [3.05, 3.63) is 58.8 Å². The van der Waals surface area contributed by atoms with E-state index in [0.29, 0.717) is 11.4 Å². The molecular weight excluding hydrogens is 358 g/mol. The van der Waals surface area contributed by atoms with Crippen LogP contribution in [0.1, 0.15) is 22.3 Å². The van der Waals surface area contributed by atoms with Gasteiger partial charge in [0.05, 0.1) is 19.8 Å². The van der Waals surface area contributed by atoms with Crippen LogP contribution in [-0.4, -0.2) is 25.6 Å². The number of fused-ring (bicyclic) bond motifs is 1. The molecule has 0 fully saturated rings. The first-order valence-electron chi connectivity index (χ1n) is 8.95. The van der Waals surface area contributed by atoms with Crippen molar-refractivity contribution in [3.8, 4) is 5.75 Å². The Kier molecular flexibility index (Phi) is 5.68. The summed E-state index contributed by atoms with van der Waals surface area (Å²) in [6.45, 7) is 5.78. The molecule has 1 N–H and O–H groups in total. The monoisotopic (exact) mass is 381 g/mol. The quantitative estimate of drug-likeness (QED) is 0.651. The van der Waals surface area contributed by atoms with Crippen molar-refractivity contribution in [1.82, 2.24) is 0 Å². The second kappa shape index (κ2) is 8.17. The number of benzene rings is 2. The van der Waals surface area contributed by atoms with E-state index < -0.39 is 5.97 Å². The predicted octanol–water partition coefficient (Wildman–Crippen LogP) is 4.09. The second-order valence-electron chi connectivity index (χ2n) is 6.76. The summed E-state index contributed by atoms with van der Waals surface area (Å²) in [5.41, 5.74) is 5.48. The summed E-state index contributed by atoms with van der Waals surface area (Å²) in [6.07, 6.45) is 1.86. The minimum Gasteiger partial charge on any atom is -0.482 e. The Morgan fingerprint density at radius 2 is 1.79 bits per heavy atom. The summed E-state index contributed by atoms with van der Waals surface area (Å²) in [5, 5.41) is 3.87. The molecule has 0 unspecified atom stereocenters. The van der Waals surface area contributed by atoms with Crippen LogP contribution in [0.2, 0.25) is 0 Å². The summed E-state index contributed by atoms with van der Waals surface area (Å²) >= 11 is 0. The van der Waals surface area contributed by atoms with E-state index in [4.69, 9.17) is 9.15 Å². The Morgan fingerprint density at radius 3 is 2.50 bits per heavy atom. The highest BCUT2D eigenvalue weighted by molar-refractivity contribution is 5.96. The van der Waals surface area contributed by atoms with E-state index in [9.17, 15) is 9.59 Å². The van der Waals surface area contributed by atoms with E-state index in [2.05, 4.69) is 16.1 Å². The minimum atomic E-state index is -0.451. The van der Waals surface area contributed by atoms with Crippen molar-refractivity contribution in [3.63, 3.8) is 0 Å². The van der Waals surface area contributed by atoms with Gasteiger partial charge in [-0.05, 0) is 67.8 Å². The third-order valence-corrected chi connectivity index (χ3v) is 4.68. The minimum absolute atomic E-state index is 0.132. The molecule has 146 valence electrons. The van der Waals surface area contributed by atoms with E-state index in [1.807, 2.05) is 26.8 Å². The molecule has 1 aromatic heterocycles. The van der Waals surface area contributed by atoms with Gasteiger partial charge in [0.25, 0.3) is 0 Å². The first-order valence-corrected chi connectivity index (χ1v) is 8.95. The fraction of sp³-hybridized carbons (Fsp3) is 0.273. The highest BCUT2D eigenvalue weighted by Gasteiger charge is 2.13. The number of amides is 1. The fourth-order valence-electron chi connectivity index (χ4n) is 2.91. The topological polar surface area (TPSA) is 77.8 Å². The number of hydrogen-bond donors (Lipinski definition) is 1. The molecule has 1 heterocycles. The van der Waals surface area contributed by atoms with Crippen molar-refractivity contribution in [1.29, 1.82) is 0 Å². The lowest BCUT2D eigenvalue weighted by Crippen LogP contribution is -2.15. The number of methoxy groups -OCH3 is 1. The van der Waals surface area contributed by atoms with Crippen molar-refractivity contribution in [2.75, 3.05) is 19.0 Å². The third-order valence-electron chi connectivity index (χ3n) is 4.68. The molecule has 3 aromatic rings. The molecule has 0 spiro atoms. The molecule has 0 atom stereocenters. The predicted molar refractivity (Wildman–Crippen MR) is 107 cm³/mol. The van der Waals surface area contributed by atoms with Crippen LogP contribution in [0.25, 0.3) is 11.0 Å². The molecular formula is C22H23NO5. The van der Waals surface area contributed by atoms with E-state index in [1.54, 1.807) is 24.5 Å². The van der Waals surface area contributed by atoms with Crippen molar-refractivity contribution in [2.24, 2.45) is 0 Å². The fourth-order valence-corrected chi connectivity index (χ4v) is 2.91. The van der Waals surface area contributed by atoms with E-state index in [1.165, 1.54) is 7.11 Å². The second-order valence-corrected chi connectivity index (χ2v) is 6.76. The maximum absolute atomic E-state index is 12.5. The lowest BCUT2D eigenvalue weighted by molar-refractivity contribution is -0.142. The molecule has 0 saturated heterocycles. The highest BCUT2D eigenvalue weighted by atomic mass is 16.6. The van der Waals surface area contributed by atoms with Gasteiger partial charge in [-0.3, -0.25) is 4.79 Å². The summed E-state index contributed by atoms with van der Waals surface area (Å²) in [6, 6.07) is 9.25. The first kappa shape index (κ1) is 19.5. The van der Waals surface area contributed by atoms with Crippen LogP contribution in [0.5, 0.6) is 5.75 Å². The smallest absolute Gasteiger partial charge is 0.343 e. The van der Waals surface area contributed by atoms with Crippen molar-refractivity contribution >= 4 is 28.5 Å². The number of aryl methyl sites for hydroxylation is 3. The van der Waals surface area contributed by atoms with Crippen LogP contribution >= 0.6 is 0 Å². The van der Waals surface area contributed by atoms with Gasteiger partial charge in [0.15, 0.2) is 6.61 Å². The summed E-state index contributed by atoms with van der Waals surface area (Å²) < 4.78 is 15.5. The van der Waals surface area contributed by atoms with Crippen LogP contribution in [0.4, 0.5) is 5.69 Å². The van der Waals surface area contributed by atoms with Gasteiger partial charge >= 0.3 is 5.97 Å². The number of furan rings is 1. The summed E-state index contributed by atoms with van der Waals surface area (Å²) in [7, 11) is 1.31. The van der Waals surface area contributed by atoms with Crippen LogP contribution in [-0.2, 0) is 20.7 Å². The molecule has 2 aromatic carbocycles. The maximum Gasteiger partial charge on any atom is 0.343 e. The Hall–Kier alpha value is -3.28. The maximum atomic E-state index is 12.5. The van der Waals surface area contributed by atoms with Gasteiger partial charge in [0, 0.05) is 16.6 Å². The highest BCUT2D eigenvalue weighted by Crippen LogP contribution is 2.26. The number of carbonyl (C=O) groups excluding carboxylic acids is 2. The van der Waals surface area contributed by atoms with Gasteiger partial charge < -0.3 is 19.2 Å². The van der Waals surface area contributed by atoms with Crippen LogP contribution in [0.3, 0.4) is 0 Å². The SMILES string of the molecule is COC(=O)COc1ccc(NC(=O)Cc2coc3cc(C)c(C)cc23)c(C)c1. The van der Waals surface area contributed by atoms with Gasteiger partial charge in [-0.25, -0.2) is 4.79 Å². The lowest BCUT2D eigenvalue weighted by atomic mass is 10.0. The molecule has 0 saturated carbocycles. The lowest BCUT2D eigenvalue weighted by Gasteiger charge is -2.11. The van der Waals surface area contributed by atoms with E-state index in [0.717, 1.165) is 33.2 Å². The molecule has 1 amide bonds. The number of rotatable bonds is 6. The summed E-state index contributed by atoms with van der Waals surface area (Å²) in [5.74, 6) is -0.0485. The Morgan fingerprint density at radius 1 is 1.04 bits per heavy atom. The van der Waals surface area contributed by atoms with Gasteiger partial charge in [-0.2, -0.15) is 0 Å². The van der Waals surface area contributed by atoms with Gasteiger partial charge in [0.1, 0.15) is 11.3 Å². The molecule has 0 radical (unpaired) electrons. The molecule has 3 rings (SSSR count). The third kappa shape index (κ3) is 4.34. The Labute approximate surface area is 163 Å². The van der Waals surface area contributed by atoms with Crippen LogP contribution in [0.15, 0.2) is 41.0 Å². The molecule has 0 aliphatic carbocycles. The number of hydrogen-bond acceptors (Lipinski definition) is 5. The zero-order valence-electron chi connectivity index (χ0n) is 16.4. The largest absolute Gasteiger partial charge is 0.482 e. The molecule has 0 aliphatic rings. The number of nitrogens with one attached hydrogen (secondary N) is 1. The van der Waals surface area contributed by atoms with Gasteiger partial charge in [-0.1, -0.05) is 0 Å². The van der Waals surface area contributed by atoms with Gasteiger partial charge in [-0.15, -0.1) is 0 Å². The number of anilines is 1. The number of esters is 1. The van der Waals surface area contributed by atoms with Crippen LogP contribution in [0, 0.1) is 20.8 Å². The average Bonchev–Trinajstić information content (AvgIpc) is 3.03. The summed E-state index contributed by atoms with van der Waals surface area (Å²) in [4.78, 5) is 23.7. The van der Waals surface area contributed by atoms with Crippen molar-refractivity contribution < 1.29 is 23.5 Å². The zero-order valence-corrected chi connectivity index (χ0v) is 16.4. The van der Waals surface area contributed by atoms with E-state index >= 15 is 0 Å².